The number of nitrogens with zero attached hydrogens (tertiary/aromatic N) is 1. The van der Waals surface area contributed by atoms with Crippen molar-refractivity contribution in [1.82, 2.24) is 4.98 Å². The van der Waals surface area contributed by atoms with E-state index in [4.69, 9.17) is 11.6 Å². The zero-order valence-electron chi connectivity index (χ0n) is 6.59. The first-order chi connectivity index (χ1) is 5.68. The summed E-state index contributed by atoms with van der Waals surface area (Å²) in [5, 5.41) is 9.55. The van der Waals surface area contributed by atoms with Gasteiger partial charge in [0.05, 0.1) is 5.60 Å². The summed E-state index contributed by atoms with van der Waals surface area (Å²) in [7, 11) is 0. The van der Waals surface area contributed by atoms with Gasteiger partial charge in [-0.3, -0.25) is 0 Å². The number of hydrogen-bond donors (Lipinski definition) is 1. The Bertz CT molecular complexity index is 282. The van der Waals surface area contributed by atoms with Crippen molar-refractivity contribution >= 4 is 22.9 Å². The van der Waals surface area contributed by atoms with Crippen LogP contribution >= 0.6 is 22.9 Å². The van der Waals surface area contributed by atoms with Crippen molar-refractivity contribution in [2.75, 3.05) is 0 Å². The Morgan fingerprint density at radius 2 is 2.42 bits per heavy atom. The molecule has 0 saturated heterocycles. The highest BCUT2D eigenvalue weighted by atomic mass is 35.5. The van der Waals surface area contributed by atoms with Gasteiger partial charge in [0.25, 0.3) is 0 Å². The van der Waals surface area contributed by atoms with E-state index in [1.165, 1.54) is 16.2 Å². The Morgan fingerprint density at radius 1 is 1.67 bits per heavy atom. The maximum atomic E-state index is 9.55. The van der Waals surface area contributed by atoms with E-state index < -0.39 is 0 Å². The highest BCUT2D eigenvalue weighted by molar-refractivity contribution is 7.15. The van der Waals surface area contributed by atoms with Crippen LogP contribution in [0.1, 0.15) is 24.1 Å². The molecule has 0 spiro atoms. The van der Waals surface area contributed by atoms with Gasteiger partial charge in [0.1, 0.15) is 0 Å². The van der Waals surface area contributed by atoms with E-state index in [1.807, 2.05) is 0 Å². The number of aromatic nitrogens is 1. The Balaban J connectivity index is 1.87. The predicted molar refractivity (Wildman–Crippen MR) is 49.6 cm³/mol. The van der Waals surface area contributed by atoms with Crippen molar-refractivity contribution in [3.8, 4) is 0 Å². The van der Waals surface area contributed by atoms with E-state index in [0.717, 1.165) is 25.7 Å². The quantitative estimate of drug-likeness (QED) is 0.818. The van der Waals surface area contributed by atoms with Gasteiger partial charge in [-0.2, -0.15) is 0 Å². The van der Waals surface area contributed by atoms with Crippen molar-refractivity contribution < 1.29 is 5.11 Å². The molecular weight excluding hydrogens is 194 g/mol. The molecule has 2 nitrogen and oxygen atoms in total. The number of thiazole rings is 1. The third-order valence-electron chi connectivity index (χ3n) is 2.19. The van der Waals surface area contributed by atoms with E-state index in [-0.39, 0.29) is 5.60 Å². The molecule has 1 fully saturated rings. The Hall–Kier alpha value is -0.120. The molecule has 1 heterocycles. The number of rotatable bonds is 3. The predicted octanol–water partition coefficient (Wildman–Crippen LogP) is 2.25. The minimum absolute atomic E-state index is 0.351. The lowest BCUT2D eigenvalue weighted by atomic mass is 10.1. The summed E-state index contributed by atoms with van der Waals surface area (Å²) in [5.41, 5.74) is -0.351. The van der Waals surface area contributed by atoms with Gasteiger partial charge in [0.2, 0.25) is 0 Å². The van der Waals surface area contributed by atoms with Crippen LogP contribution in [0.25, 0.3) is 0 Å². The smallest absolute Gasteiger partial charge is 0.183 e. The molecule has 66 valence electrons. The maximum Gasteiger partial charge on any atom is 0.183 e. The van der Waals surface area contributed by atoms with Gasteiger partial charge in [-0.05, 0) is 25.7 Å². The van der Waals surface area contributed by atoms with Gasteiger partial charge in [-0.1, -0.05) is 11.6 Å². The van der Waals surface area contributed by atoms with Crippen LogP contribution in [-0.2, 0) is 6.42 Å². The molecule has 1 aromatic heterocycles. The van der Waals surface area contributed by atoms with Crippen LogP contribution in [0.15, 0.2) is 6.20 Å². The fraction of sp³-hybridized carbons (Fsp3) is 0.625. The average Bonchev–Trinajstić information content (AvgIpc) is 2.60. The molecule has 2 rings (SSSR count). The van der Waals surface area contributed by atoms with Crippen molar-refractivity contribution in [2.45, 2.75) is 31.3 Å². The molecule has 1 aliphatic carbocycles. The van der Waals surface area contributed by atoms with Gasteiger partial charge in [0.15, 0.2) is 4.47 Å². The van der Waals surface area contributed by atoms with Crippen LogP contribution in [0.5, 0.6) is 0 Å². The van der Waals surface area contributed by atoms with Gasteiger partial charge in [0, 0.05) is 11.1 Å². The van der Waals surface area contributed by atoms with Gasteiger partial charge < -0.3 is 5.11 Å². The second-order valence-corrected chi connectivity index (χ2v) is 5.00. The van der Waals surface area contributed by atoms with E-state index in [1.54, 1.807) is 6.20 Å². The molecule has 1 N–H and O–H groups in total. The summed E-state index contributed by atoms with van der Waals surface area (Å²) < 4.78 is 0.591. The molecule has 12 heavy (non-hydrogen) atoms. The SMILES string of the molecule is OC1(CCc2cnc(Cl)s2)CC1. The lowest BCUT2D eigenvalue weighted by Crippen LogP contribution is -2.06. The first kappa shape index (κ1) is 8.48. The fourth-order valence-electron chi connectivity index (χ4n) is 1.15. The summed E-state index contributed by atoms with van der Waals surface area (Å²) in [5.74, 6) is 0. The summed E-state index contributed by atoms with van der Waals surface area (Å²) in [6.45, 7) is 0. The summed E-state index contributed by atoms with van der Waals surface area (Å²) in [4.78, 5) is 5.11. The minimum atomic E-state index is -0.351. The second kappa shape index (κ2) is 2.98. The van der Waals surface area contributed by atoms with Crippen molar-refractivity contribution in [3.05, 3.63) is 15.5 Å². The first-order valence-electron chi connectivity index (χ1n) is 4.01. The maximum absolute atomic E-state index is 9.55. The van der Waals surface area contributed by atoms with Crippen LogP contribution < -0.4 is 0 Å². The zero-order chi connectivity index (χ0) is 8.60. The summed E-state index contributed by atoms with van der Waals surface area (Å²) in [6.07, 6.45) is 5.46. The average molecular weight is 204 g/mol. The zero-order valence-corrected chi connectivity index (χ0v) is 8.16. The second-order valence-electron chi connectivity index (χ2n) is 3.30. The molecule has 0 aromatic carbocycles. The fourth-order valence-corrected chi connectivity index (χ4v) is 2.13. The molecule has 1 aromatic rings. The van der Waals surface area contributed by atoms with Crippen LogP contribution in [0, 0.1) is 0 Å². The molecule has 0 unspecified atom stereocenters. The molecule has 0 bridgehead atoms. The molecule has 0 amide bonds. The molecule has 0 aliphatic heterocycles. The van der Waals surface area contributed by atoms with Crippen molar-refractivity contribution in [3.63, 3.8) is 0 Å². The highest BCUT2D eigenvalue weighted by Gasteiger charge is 2.39. The third-order valence-corrected chi connectivity index (χ3v) is 3.36. The molecular formula is C8H10ClNOS. The summed E-state index contributed by atoms with van der Waals surface area (Å²) >= 11 is 7.17. The lowest BCUT2D eigenvalue weighted by Gasteiger charge is -2.03. The van der Waals surface area contributed by atoms with Gasteiger partial charge in [-0.15, -0.1) is 11.3 Å². The van der Waals surface area contributed by atoms with E-state index in [0.29, 0.717) is 4.47 Å². The van der Waals surface area contributed by atoms with Crippen molar-refractivity contribution in [2.24, 2.45) is 0 Å². The van der Waals surface area contributed by atoms with Crippen LogP contribution in [0.4, 0.5) is 0 Å². The third kappa shape index (κ3) is 1.97. The molecule has 4 heteroatoms. The first-order valence-corrected chi connectivity index (χ1v) is 5.20. The number of aliphatic hydroxyl groups is 1. The standard InChI is InChI=1S/C8H10ClNOS/c9-7-10-5-6(12-7)1-2-8(11)3-4-8/h5,11H,1-4H2. The van der Waals surface area contributed by atoms with Gasteiger partial charge in [-0.25, -0.2) is 4.98 Å². The molecule has 1 aliphatic rings. The van der Waals surface area contributed by atoms with Crippen LogP contribution in [0.2, 0.25) is 4.47 Å². The molecule has 0 atom stereocenters. The van der Waals surface area contributed by atoms with Gasteiger partial charge >= 0.3 is 0 Å². The Morgan fingerprint density at radius 3 is 2.92 bits per heavy atom. The van der Waals surface area contributed by atoms with Crippen molar-refractivity contribution in [1.29, 1.82) is 0 Å². The minimum Gasteiger partial charge on any atom is -0.390 e. The topological polar surface area (TPSA) is 33.1 Å². The normalized spacial score (nSPS) is 19.5. The number of halogens is 1. The molecule has 1 saturated carbocycles. The Labute approximate surface area is 80.2 Å². The number of aryl methyl sites for hydroxylation is 1. The summed E-state index contributed by atoms with van der Waals surface area (Å²) in [6, 6.07) is 0. The largest absolute Gasteiger partial charge is 0.390 e. The highest BCUT2D eigenvalue weighted by Crippen LogP contribution is 2.39. The Kier molecular flexibility index (Phi) is 2.10. The van der Waals surface area contributed by atoms with Crippen LogP contribution in [0.3, 0.4) is 0 Å². The van der Waals surface area contributed by atoms with E-state index >= 15 is 0 Å². The molecule has 0 radical (unpaired) electrons. The van der Waals surface area contributed by atoms with E-state index in [9.17, 15) is 5.11 Å². The monoisotopic (exact) mass is 203 g/mol. The van der Waals surface area contributed by atoms with E-state index in [2.05, 4.69) is 4.98 Å². The van der Waals surface area contributed by atoms with Crippen LogP contribution in [-0.4, -0.2) is 15.7 Å². The number of hydrogen-bond acceptors (Lipinski definition) is 3. The lowest BCUT2D eigenvalue weighted by molar-refractivity contribution is 0.141.